The highest BCUT2D eigenvalue weighted by atomic mass is 35.5. The lowest BCUT2D eigenvalue weighted by atomic mass is 10.1. The van der Waals surface area contributed by atoms with Gasteiger partial charge in [0.25, 0.3) is 0 Å². The van der Waals surface area contributed by atoms with Gasteiger partial charge >= 0.3 is 5.69 Å². The van der Waals surface area contributed by atoms with Crippen molar-refractivity contribution in [3.05, 3.63) is 70.2 Å². The monoisotopic (exact) mass is 300 g/mol. The lowest BCUT2D eigenvalue weighted by molar-refractivity contribution is 0.415. The maximum absolute atomic E-state index is 12.1. The smallest absolute Gasteiger partial charge is 0.330 e. The molecule has 5 heteroatoms. The number of benzene rings is 2. The van der Waals surface area contributed by atoms with Crippen LogP contribution in [0.3, 0.4) is 0 Å². The van der Waals surface area contributed by atoms with Crippen LogP contribution < -0.4 is 10.4 Å². The molecule has 1 aromatic heterocycles. The van der Waals surface area contributed by atoms with Crippen molar-refractivity contribution in [2.75, 3.05) is 7.11 Å². The molecule has 1 N–H and O–H groups in total. The lowest BCUT2D eigenvalue weighted by Crippen LogP contribution is -2.13. The topological polar surface area (TPSA) is 47.0 Å². The summed E-state index contributed by atoms with van der Waals surface area (Å²) in [7, 11) is 1.62. The fourth-order valence-corrected chi connectivity index (χ4v) is 2.32. The highest BCUT2D eigenvalue weighted by molar-refractivity contribution is 6.30. The molecule has 3 aromatic rings. The van der Waals surface area contributed by atoms with Gasteiger partial charge < -0.3 is 9.72 Å². The number of hydrogen-bond donors (Lipinski definition) is 1. The van der Waals surface area contributed by atoms with Gasteiger partial charge in [0.1, 0.15) is 5.75 Å². The number of rotatable bonds is 3. The van der Waals surface area contributed by atoms with Crippen LogP contribution in [0.4, 0.5) is 0 Å². The van der Waals surface area contributed by atoms with Crippen LogP contribution in [0, 0.1) is 0 Å². The molecule has 0 unspecified atom stereocenters. The summed E-state index contributed by atoms with van der Waals surface area (Å²) >= 11 is 5.96. The Hall–Kier alpha value is -2.46. The van der Waals surface area contributed by atoms with Gasteiger partial charge in [-0.15, -0.1) is 0 Å². The molecule has 0 spiro atoms. The average molecular weight is 301 g/mol. The summed E-state index contributed by atoms with van der Waals surface area (Å²) in [5, 5.41) is 0.589. The van der Waals surface area contributed by atoms with Gasteiger partial charge in [0.2, 0.25) is 0 Å². The van der Waals surface area contributed by atoms with E-state index in [1.807, 2.05) is 36.4 Å². The molecule has 4 nitrogen and oxygen atoms in total. The van der Waals surface area contributed by atoms with Gasteiger partial charge in [-0.2, -0.15) is 0 Å². The number of ether oxygens (including phenoxy) is 1. The van der Waals surface area contributed by atoms with E-state index < -0.39 is 0 Å². The van der Waals surface area contributed by atoms with Crippen LogP contribution in [0.2, 0.25) is 5.02 Å². The molecule has 0 aliphatic rings. The standard InChI is InChI=1S/C16H13ClN2O2/c1-21-14-7-5-11(6-8-14)15-10-19(16(20)18-15)13-4-2-3-12(17)9-13/h2-10H,1H3,(H,18,20). The molecule has 3 rings (SSSR count). The molecule has 0 amide bonds. The predicted octanol–water partition coefficient (Wildman–Crippen LogP) is 3.49. The Balaban J connectivity index is 2.03. The van der Waals surface area contributed by atoms with Gasteiger partial charge in [-0.25, -0.2) is 4.79 Å². The summed E-state index contributed by atoms with van der Waals surface area (Å²) in [6.07, 6.45) is 1.76. The first-order valence-electron chi connectivity index (χ1n) is 6.39. The van der Waals surface area contributed by atoms with Crippen LogP contribution in [0.5, 0.6) is 5.75 Å². The van der Waals surface area contributed by atoms with Crippen LogP contribution >= 0.6 is 11.6 Å². The molecule has 0 saturated heterocycles. The second-order valence-corrected chi connectivity index (χ2v) is 4.99. The normalized spacial score (nSPS) is 10.6. The maximum Gasteiger partial charge on any atom is 0.330 e. The van der Waals surface area contributed by atoms with Gasteiger partial charge in [0, 0.05) is 11.2 Å². The van der Waals surface area contributed by atoms with E-state index in [1.165, 1.54) is 4.57 Å². The zero-order valence-electron chi connectivity index (χ0n) is 11.3. The van der Waals surface area contributed by atoms with E-state index in [1.54, 1.807) is 25.4 Å². The molecule has 2 aromatic carbocycles. The van der Waals surface area contributed by atoms with Crippen molar-refractivity contribution in [1.29, 1.82) is 0 Å². The van der Waals surface area contributed by atoms with Crippen LogP contribution in [0.15, 0.2) is 59.5 Å². The Bertz CT molecular complexity index is 819. The number of halogens is 1. The molecule has 0 fully saturated rings. The zero-order valence-corrected chi connectivity index (χ0v) is 12.1. The minimum atomic E-state index is -0.205. The summed E-state index contributed by atoms with van der Waals surface area (Å²) in [6.45, 7) is 0. The summed E-state index contributed by atoms with van der Waals surface area (Å²) < 4.78 is 6.66. The maximum atomic E-state index is 12.1. The van der Waals surface area contributed by atoms with Crippen molar-refractivity contribution in [1.82, 2.24) is 9.55 Å². The van der Waals surface area contributed by atoms with E-state index in [2.05, 4.69) is 4.98 Å². The van der Waals surface area contributed by atoms with Crippen molar-refractivity contribution in [2.45, 2.75) is 0 Å². The molecular weight excluding hydrogens is 288 g/mol. The van der Waals surface area contributed by atoms with Crippen LogP contribution in [0.1, 0.15) is 0 Å². The average Bonchev–Trinajstić information content (AvgIpc) is 2.89. The second kappa shape index (κ2) is 5.50. The first-order valence-corrected chi connectivity index (χ1v) is 6.77. The Morgan fingerprint density at radius 3 is 2.57 bits per heavy atom. The number of nitrogens with zero attached hydrogens (tertiary/aromatic N) is 1. The predicted molar refractivity (Wildman–Crippen MR) is 83.4 cm³/mol. The SMILES string of the molecule is COc1ccc(-c2cn(-c3cccc(Cl)c3)c(=O)[nH]2)cc1. The number of methoxy groups -OCH3 is 1. The van der Waals surface area contributed by atoms with Gasteiger partial charge in [-0.3, -0.25) is 4.57 Å². The lowest BCUT2D eigenvalue weighted by Gasteiger charge is -2.02. The second-order valence-electron chi connectivity index (χ2n) is 4.55. The Morgan fingerprint density at radius 1 is 1.14 bits per heavy atom. The van der Waals surface area contributed by atoms with Crippen molar-refractivity contribution < 1.29 is 4.74 Å². The van der Waals surface area contributed by atoms with E-state index in [9.17, 15) is 4.79 Å². The van der Waals surface area contributed by atoms with Gasteiger partial charge in [0.05, 0.1) is 18.5 Å². The fraction of sp³-hybridized carbons (Fsp3) is 0.0625. The quantitative estimate of drug-likeness (QED) is 0.805. The third-order valence-corrected chi connectivity index (χ3v) is 3.44. The van der Waals surface area contributed by atoms with Gasteiger partial charge in [-0.05, 0) is 48.0 Å². The molecule has 0 aliphatic carbocycles. The first kappa shape index (κ1) is 13.5. The van der Waals surface area contributed by atoms with Crippen LogP contribution in [-0.4, -0.2) is 16.7 Å². The van der Waals surface area contributed by atoms with E-state index >= 15 is 0 Å². The minimum absolute atomic E-state index is 0.205. The van der Waals surface area contributed by atoms with E-state index in [4.69, 9.17) is 16.3 Å². The number of nitrogens with one attached hydrogen (secondary N) is 1. The number of aromatic nitrogens is 2. The number of hydrogen-bond acceptors (Lipinski definition) is 2. The molecular formula is C16H13ClN2O2. The summed E-state index contributed by atoms with van der Waals surface area (Å²) in [4.78, 5) is 14.9. The molecule has 21 heavy (non-hydrogen) atoms. The third-order valence-electron chi connectivity index (χ3n) is 3.21. The molecule has 0 atom stereocenters. The molecule has 106 valence electrons. The fourth-order valence-electron chi connectivity index (χ4n) is 2.13. The Morgan fingerprint density at radius 2 is 1.90 bits per heavy atom. The molecule has 0 radical (unpaired) electrons. The molecule has 0 aliphatic heterocycles. The van der Waals surface area contributed by atoms with E-state index in [-0.39, 0.29) is 5.69 Å². The van der Waals surface area contributed by atoms with Gasteiger partial charge in [0.15, 0.2) is 0 Å². The van der Waals surface area contributed by atoms with Gasteiger partial charge in [-0.1, -0.05) is 17.7 Å². The van der Waals surface area contributed by atoms with Crippen LogP contribution in [0.25, 0.3) is 16.9 Å². The third kappa shape index (κ3) is 2.71. The number of imidazole rings is 1. The Kier molecular flexibility index (Phi) is 3.54. The largest absolute Gasteiger partial charge is 0.497 e. The van der Waals surface area contributed by atoms with Crippen molar-refractivity contribution in [2.24, 2.45) is 0 Å². The van der Waals surface area contributed by atoms with Crippen molar-refractivity contribution in [3.63, 3.8) is 0 Å². The summed E-state index contributed by atoms with van der Waals surface area (Å²) in [5.74, 6) is 0.773. The van der Waals surface area contributed by atoms with Crippen molar-refractivity contribution in [3.8, 4) is 22.7 Å². The first-order chi connectivity index (χ1) is 10.2. The number of H-pyrrole nitrogens is 1. The van der Waals surface area contributed by atoms with E-state index in [0.717, 1.165) is 22.7 Å². The minimum Gasteiger partial charge on any atom is -0.497 e. The molecule has 1 heterocycles. The summed E-state index contributed by atoms with van der Waals surface area (Å²) in [6, 6.07) is 14.7. The molecule has 0 saturated carbocycles. The highest BCUT2D eigenvalue weighted by Gasteiger charge is 2.07. The van der Waals surface area contributed by atoms with E-state index in [0.29, 0.717) is 5.02 Å². The molecule has 0 bridgehead atoms. The zero-order chi connectivity index (χ0) is 14.8. The van der Waals surface area contributed by atoms with Crippen LogP contribution in [-0.2, 0) is 0 Å². The summed E-state index contributed by atoms with van der Waals surface area (Å²) in [5.41, 5.74) is 2.17. The Labute approximate surface area is 126 Å². The highest BCUT2D eigenvalue weighted by Crippen LogP contribution is 2.21. The number of aromatic amines is 1. The van der Waals surface area contributed by atoms with Crippen molar-refractivity contribution >= 4 is 11.6 Å².